The van der Waals surface area contributed by atoms with Crippen molar-refractivity contribution in [3.05, 3.63) is 29.3 Å². The van der Waals surface area contributed by atoms with Gasteiger partial charge in [0.15, 0.2) is 0 Å². The number of nitrogens with zero attached hydrogens (tertiary/aromatic N) is 1. The third-order valence-electron chi connectivity index (χ3n) is 5.16. The van der Waals surface area contributed by atoms with E-state index in [0.717, 1.165) is 16.8 Å². The highest BCUT2D eigenvalue weighted by Crippen LogP contribution is 2.32. The molecule has 2 heterocycles. The average Bonchev–Trinajstić information content (AvgIpc) is 3.18. The minimum atomic E-state index is -1.20. The summed E-state index contributed by atoms with van der Waals surface area (Å²) < 4.78 is 0. The van der Waals surface area contributed by atoms with Crippen molar-refractivity contribution in [1.29, 1.82) is 0 Å². The Hall–Kier alpha value is -2.02. The van der Waals surface area contributed by atoms with Crippen LogP contribution in [0.4, 0.5) is 5.69 Å². The molecule has 0 aliphatic carbocycles. The molecule has 0 aromatic heterocycles. The van der Waals surface area contributed by atoms with Crippen molar-refractivity contribution in [3.63, 3.8) is 0 Å². The molecular formula is C18H22N2O4S. The smallest absolute Gasteiger partial charge is 0.330 e. The van der Waals surface area contributed by atoms with E-state index in [-0.39, 0.29) is 24.8 Å². The lowest BCUT2D eigenvalue weighted by atomic mass is 9.97. The van der Waals surface area contributed by atoms with E-state index in [1.807, 2.05) is 32.0 Å². The van der Waals surface area contributed by atoms with Crippen molar-refractivity contribution < 1.29 is 19.5 Å². The first kappa shape index (κ1) is 17.8. The fourth-order valence-electron chi connectivity index (χ4n) is 3.37. The predicted molar refractivity (Wildman–Crippen MR) is 96.8 cm³/mol. The number of anilines is 1. The third kappa shape index (κ3) is 3.25. The molecule has 2 amide bonds. The van der Waals surface area contributed by atoms with E-state index >= 15 is 0 Å². The SMILES string of the molecule is Cc1cccc(N2CC(C(=O)NC3(C(=O)O)CCSC3)CC2=O)c1C. The molecule has 1 aromatic rings. The van der Waals surface area contributed by atoms with E-state index in [0.29, 0.717) is 17.9 Å². The zero-order chi connectivity index (χ0) is 18.2. The summed E-state index contributed by atoms with van der Waals surface area (Å²) >= 11 is 1.52. The summed E-state index contributed by atoms with van der Waals surface area (Å²) in [6.07, 6.45) is 0.530. The van der Waals surface area contributed by atoms with Crippen LogP contribution in [0.5, 0.6) is 0 Å². The van der Waals surface area contributed by atoms with Gasteiger partial charge in [0, 0.05) is 24.4 Å². The van der Waals surface area contributed by atoms with E-state index in [2.05, 4.69) is 5.32 Å². The molecule has 134 valence electrons. The summed E-state index contributed by atoms with van der Waals surface area (Å²) in [5.74, 6) is -0.874. The number of aliphatic carboxylic acids is 1. The monoisotopic (exact) mass is 362 g/mol. The normalized spacial score (nSPS) is 26.1. The predicted octanol–water partition coefficient (Wildman–Crippen LogP) is 1.73. The summed E-state index contributed by atoms with van der Waals surface area (Å²) in [4.78, 5) is 38.3. The van der Waals surface area contributed by atoms with Gasteiger partial charge in [0.05, 0.1) is 5.92 Å². The molecular weight excluding hydrogens is 340 g/mol. The van der Waals surface area contributed by atoms with E-state index < -0.39 is 17.4 Å². The molecule has 7 heteroatoms. The van der Waals surface area contributed by atoms with Crippen molar-refractivity contribution >= 4 is 35.2 Å². The molecule has 2 saturated heterocycles. The minimum absolute atomic E-state index is 0.0981. The third-order valence-corrected chi connectivity index (χ3v) is 6.35. The lowest BCUT2D eigenvalue weighted by Gasteiger charge is -2.26. The Bertz CT molecular complexity index is 728. The van der Waals surface area contributed by atoms with Gasteiger partial charge >= 0.3 is 5.97 Å². The number of carboxylic acid groups (broad SMARTS) is 1. The Kier molecular flexibility index (Phi) is 4.77. The number of benzene rings is 1. The number of carbonyl (C=O) groups is 3. The van der Waals surface area contributed by atoms with Crippen LogP contribution < -0.4 is 10.2 Å². The molecule has 0 radical (unpaired) electrons. The molecule has 2 aliphatic rings. The highest BCUT2D eigenvalue weighted by atomic mass is 32.2. The first-order chi connectivity index (χ1) is 11.8. The average molecular weight is 362 g/mol. The van der Waals surface area contributed by atoms with Gasteiger partial charge in [-0.15, -0.1) is 0 Å². The van der Waals surface area contributed by atoms with Crippen molar-refractivity contribution in [2.24, 2.45) is 5.92 Å². The van der Waals surface area contributed by atoms with Gasteiger partial charge < -0.3 is 15.3 Å². The second kappa shape index (κ2) is 6.71. The van der Waals surface area contributed by atoms with Crippen LogP contribution in [0.25, 0.3) is 0 Å². The highest BCUT2D eigenvalue weighted by molar-refractivity contribution is 7.99. The summed E-state index contributed by atoms with van der Waals surface area (Å²) in [5, 5.41) is 12.2. The number of nitrogens with one attached hydrogen (secondary N) is 1. The van der Waals surface area contributed by atoms with Gasteiger partial charge in [-0.2, -0.15) is 11.8 Å². The molecule has 2 unspecified atom stereocenters. The van der Waals surface area contributed by atoms with Crippen LogP contribution in [0.3, 0.4) is 0 Å². The van der Waals surface area contributed by atoms with E-state index in [4.69, 9.17) is 0 Å². The van der Waals surface area contributed by atoms with Crippen molar-refractivity contribution in [2.75, 3.05) is 23.0 Å². The zero-order valence-electron chi connectivity index (χ0n) is 14.4. The van der Waals surface area contributed by atoms with Crippen LogP contribution in [-0.2, 0) is 14.4 Å². The van der Waals surface area contributed by atoms with E-state index in [9.17, 15) is 19.5 Å². The maximum absolute atomic E-state index is 12.6. The lowest BCUT2D eigenvalue weighted by Crippen LogP contribution is -2.56. The molecule has 25 heavy (non-hydrogen) atoms. The molecule has 0 spiro atoms. The van der Waals surface area contributed by atoms with Gasteiger partial charge in [-0.05, 0) is 43.2 Å². The number of hydrogen-bond acceptors (Lipinski definition) is 4. The number of rotatable bonds is 4. The molecule has 2 N–H and O–H groups in total. The number of thioether (sulfide) groups is 1. The van der Waals surface area contributed by atoms with Crippen LogP contribution in [0.2, 0.25) is 0 Å². The molecule has 0 bridgehead atoms. The summed E-state index contributed by atoms with van der Waals surface area (Å²) in [5.41, 5.74) is 1.74. The van der Waals surface area contributed by atoms with Gasteiger partial charge in [-0.1, -0.05) is 12.1 Å². The molecule has 2 fully saturated rings. The maximum Gasteiger partial charge on any atom is 0.330 e. The van der Waals surface area contributed by atoms with Crippen molar-refractivity contribution in [1.82, 2.24) is 5.32 Å². The molecule has 1 aromatic carbocycles. The Labute approximate surface area is 151 Å². The Morgan fingerprint density at radius 1 is 1.36 bits per heavy atom. The molecule has 6 nitrogen and oxygen atoms in total. The molecule has 2 aliphatic heterocycles. The second-order valence-electron chi connectivity index (χ2n) is 6.80. The topological polar surface area (TPSA) is 86.7 Å². The zero-order valence-corrected chi connectivity index (χ0v) is 15.2. The maximum atomic E-state index is 12.6. The Balaban J connectivity index is 1.75. The van der Waals surface area contributed by atoms with Gasteiger partial charge in [-0.25, -0.2) is 4.79 Å². The Morgan fingerprint density at radius 2 is 2.12 bits per heavy atom. The summed E-state index contributed by atoms with van der Waals surface area (Å²) in [7, 11) is 0. The second-order valence-corrected chi connectivity index (χ2v) is 7.91. The van der Waals surface area contributed by atoms with Gasteiger partial charge in [0.2, 0.25) is 11.8 Å². The first-order valence-electron chi connectivity index (χ1n) is 8.34. The fraction of sp³-hybridized carbons (Fsp3) is 0.500. The standard InChI is InChI=1S/C18H22N2O4S/c1-11-4-3-5-14(12(11)2)20-9-13(8-15(20)21)16(22)19-18(17(23)24)6-7-25-10-18/h3-5,13H,6-10H2,1-2H3,(H,19,22)(H,23,24). The summed E-state index contributed by atoms with van der Waals surface area (Å²) in [6, 6.07) is 5.76. The van der Waals surface area contributed by atoms with Crippen LogP contribution >= 0.6 is 11.8 Å². The quantitative estimate of drug-likeness (QED) is 0.852. The van der Waals surface area contributed by atoms with Crippen LogP contribution in [0.1, 0.15) is 24.0 Å². The van der Waals surface area contributed by atoms with E-state index in [1.54, 1.807) is 4.90 Å². The van der Waals surface area contributed by atoms with Gasteiger partial charge in [0.25, 0.3) is 0 Å². The largest absolute Gasteiger partial charge is 0.479 e. The number of carboxylic acids is 1. The van der Waals surface area contributed by atoms with E-state index in [1.165, 1.54) is 11.8 Å². The molecule has 2 atom stereocenters. The van der Waals surface area contributed by atoms with Crippen LogP contribution in [-0.4, -0.2) is 46.5 Å². The number of carbonyl (C=O) groups excluding carboxylic acids is 2. The molecule has 3 rings (SSSR count). The van der Waals surface area contributed by atoms with Crippen LogP contribution in [0.15, 0.2) is 18.2 Å². The number of aryl methyl sites for hydroxylation is 1. The minimum Gasteiger partial charge on any atom is -0.479 e. The van der Waals surface area contributed by atoms with Crippen molar-refractivity contribution in [3.8, 4) is 0 Å². The van der Waals surface area contributed by atoms with Gasteiger partial charge in [-0.3, -0.25) is 9.59 Å². The highest BCUT2D eigenvalue weighted by Gasteiger charge is 2.46. The fourth-order valence-corrected chi connectivity index (χ4v) is 4.69. The van der Waals surface area contributed by atoms with Crippen molar-refractivity contribution in [2.45, 2.75) is 32.2 Å². The van der Waals surface area contributed by atoms with Gasteiger partial charge in [0.1, 0.15) is 5.54 Å². The number of hydrogen-bond donors (Lipinski definition) is 2. The van der Waals surface area contributed by atoms with Crippen LogP contribution in [0, 0.1) is 19.8 Å². The Morgan fingerprint density at radius 3 is 2.76 bits per heavy atom. The molecule has 0 saturated carbocycles. The summed E-state index contributed by atoms with van der Waals surface area (Å²) in [6.45, 7) is 4.23. The first-order valence-corrected chi connectivity index (χ1v) is 9.49. The lowest BCUT2D eigenvalue weighted by molar-refractivity contribution is -0.147. The number of amides is 2.